The predicted molar refractivity (Wildman–Crippen MR) is 46.0 cm³/mol. The molecule has 0 unspecified atom stereocenters. The lowest BCUT2D eigenvalue weighted by atomic mass is 10.1. The number of hydrogen-bond donors (Lipinski definition) is 2. The minimum Gasteiger partial charge on any atom is -0.384 e. The Bertz CT molecular complexity index is 256. The van der Waals surface area contributed by atoms with Gasteiger partial charge in [-0.15, -0.1) is 0 Å². The van der Waals surface area contributed by atoms with Gasteiger partial charge in [0.1, 0.15) is 11.6 Å². The number of hydrogen-bond acceptors (Lipinski definition) is 3. The van der Waals surface area contributed by atoms with Gasteiger partial charge in [0.15, 0.2) is 0 Å². The Morgan fingerprint density at radius 2 is 1.91 bits per heavy atom. The van der Waals surface area contributed by atoms with Crippen molar-refractivity contribution < 1.29 is 0 Å². The van der Waals surface area contributed by atoms with E-state index >= 15 is 0 Å². The van der Waals surface area contributed by atoms with E-state index in [4.69, 9.17) is 11.5 Å². The van der Waals surface area contributed by atoms with Gasteiger partial charge < -0.3 is 11.5 Å². The molecule has 0 saturated carbocycles. The maximum Gasteiger partial charge on any atom is 0.147 e. The topological polar surface area (TPSA) is 69.9 Å². The number of nitrogen functional groups attached to an aromatic ring is 2. The van der Waals surface area contributed by atoms with E-state index in [0.29, 0.717) is 11.6 Å². The van der Waals surface area contributed by atoms with Gasteiger partial charge >= 0.3 is 0 Å². The second-order valence-corrected chi connectivity index (χ2v) is 3.58. The summed E-state index contributed by atoms with van der Waals surface area (Å²) in [4.78, 5) is 0. The number of nitrogens with two attached hydrogens (primary N) is 2. The van der Waals surface area contributed by atoms with Gasteiger partial charge in [0.05, 0.1) is 5.54 Å². The van der Waals surface area contributed by atoms with Crippen molar-refractivity contribution in [2.75, 3.05) is 11.5 Å². The second-order valence-electron chi connectivity index (χ2n) is 3.58. The Balaban J connectivity index is 3.13. The van der Waals surface area contributed by atoms with Crippen LogP contribution in [0.5, 0.6) is 0 Å². The number of aromatic nitrogens is 2. The standard InChI is InChI=1S/C7H14N4/c1-7(2,3)11-6(9)4-5(8)10-11/h4H,9H2,1-3H3,(H2,8,10). The predicted octanol–water partition coefficient (Wildman–Crippen LogP) is 0.802. The van der Waals surface area contributed by atoms with Crippen LogP contribution in [-0.2, 0) is 5.54 Å². The third-order valence-electron chi connectivity index (χ3n) is 1.39. The Kier molecular flexibility index (Phi) is 1.55. The molecular weight excluding hydrogens is 140 g/mol. The van der Waals surface area contributed by atoms with Crippen LogP contribution < -0.4 is 11.5 Å². The van der Waals surface area contributed by atoms with Crippen LogP contribution in [0.1, 0.15) is 20.8 Å². The summed E-state index contributed by atoms with van der Waals surface area (Å²) in [5, 5.41) is 4.05. The summed E-state index contributed by atoms with van der Waals surface area (Å²) in [5.74, 6) is 1.08. The van der Waals surface area contributed by atoms with Gasteiger partial charge in [-0.1, -0.05) is 0 Å². The molecule has 0 spiro atoms. The Morgan fingerprint density at radius 1 is 1.36 bits per heavy atom. The van der Waals surface area contributed by atoms with Crippen LogP contribution in [0.3, 0.4) is 0 Å². The van der Waals surface area contributed by atoms with Crippen LogP contribution in [0.2, 0.25) is 0 Å². The van der Waals surface area contributed by atoms with Crippen LogP contribution >= 0.6 is 0 Å². The number of nitrogens with zero attached hydrogens (tertiary/aromatic N) is 2. The highest BCUT2D eigenvalue weighted by Crippen LogP contribution is 2.19. The van der Waals surface area contributed by atoms with Crippen molar-refractivity contribution in [3.8, 4) is 0 Å². The van der Waals surface area contributed by atoms with E-state index in [2.05, 4.69) is 5.10 Å². The van der Waals surface area contributed by atoms with Crippen LogP contribution in [-0.4, -0.2) is 9.78 Å². The van der Waals surface area contributed by atoms with Crippen LogP contribution in [0, 0.1) is 0 Å². The van der Waals surface area contributed by atoms with Gasteiger partial charge in [0.25, 0.3) is 0 Å². The lowest BCUT2D eigenvalue weighted by Gasteiger charge is -2.20. The number of anilines is 2. The van der Waals surface area contributed by atoms with E-state index in [1.54, 1.807) is 10.7 Å². The zero-order valence-corrected chi connectivity index (χ0v) is 7.13. The first-order chi connectivity index (χ1) is 4.91. The summed E-state index contributed by atoms with van der Waals surface area (Å²) in [6.45, 7) is 6.07. The van der Waals surface area contributed by atoms with Gasteiger partial charge in [-0.3, -0.25) is 0 Å². The lowest BCUT2D eigenvalue weighted by molar-refractivity contribution is 0.363. The second kappa shape index (κ2) is 2.15. The molecule has 0 aliphatic rings. The average Bonchev–Trinajstić information content (AvgIpc) is 2.08. The molecule has 0 aliphatic heterocycles. The van der Waals surface area contributed by atoms with E-state index in [1.807, 2.05) is 20.8 Å². The third kappa shape index (κ3) is 1.45. The Hall–Kier alpha value is -1.19. The molecule has 11 heavy (non-hydrogen) atoms. The monoisotopic (exact) mass is 154 g/mol. The summed E-state index contributed by atoms with van der Waals surface area (Å²) in [5.41, 5.74) is 11.0. The molecular formula is C7H14N4. The van der Waals surface area contributed by atoms with Crippen molar-refractivity contribution in [1.29, 1.82) is 0 Å². The molecule has 0 aromatic carbocycles. The minimum atomic E-state index is -0.0955. The summed E-state index contributed by atoms with van der Waals surface area (Å²) >= 11 is 0. The van der Waals surface area contributed by atoms with Gasteiger partial charge in [-0.25, -0.2) is 4.68 Å². The molecule has 4 N–H and O–H groups in total. The molecule has 0 amide bonds. The van der Waals surface area contributed by atoms with Crippen molar-refractivity contribution in [2.24, 2.45) is 0 Å². The molecule has 0 bridgehead atoms. The summed E-state index contributed by atoms with van der Waals surface area (Å²) in [6, 6.07) is 1.66. The molecule has 0 aliphatic carbocycles. The molecule has 1 rings (SSSR count). The summed E-state index contributed by atoms with van der Waals surface area (Å²) in [7, 11) is 0. The van der Waals surface area contributed by atoms with Crippen molar-refractivity contribution in [3.05, 3.63) is 6.07 Å². The molecule has 4 nitrogen and oxygen atoms in total. The lowest BCUT2D eigenvalue weighted by Crippen LogP contribution is -2.24. The summed E-state index contributed by atoms with van der Waals surface area (Å²) < 4.78 is 1.71. The number of rotatable bonds is 0. The minimum absolute atomic E-state index is 0.0955. The highest BCUT2D eigenvalue weighted by atomic mass is 15.4. The van der Waals surface area contributed by atoms with Crippen molar-refractivity contribution in [3.63, 3.8) is 0 Å². The largest absolute Gasteiger partial charge is 0.384 e. The van der Waals surface area contributed by atoms with Crippen LogP contribution in [0.15, 0.2) is 6.07 Å². The zero-order valence-electron chi connectivity index (χ0n) is 7.13. The Labute approximate surface area is 66.2 Å². The van der Waals surface area contributed by atoms with E-state index < -0.39 is 0 Å². The first kappa shape index (κ1) is 7.91. The van der Waals surface area contributed by atoms with E-state index in [1.165, 1.54) is 0 Å². The third-order valence-corrected chi connectivity index (χ3v) is 1.39. The maximum atomic E-state index is 5.65. The molecule has 1 heterocycles. The van der Waals surface area contributed by atoms with Crippen LogP contribution in [0.25, 0.3) is 0 Å². The van der Waals surface area contributed by atoms with Gasteiger partial charge in [-0.05, 0) is 20.8 Å². The molecule has 0 saturated heterocycles. The molecule has 1 aromatic heterocycles. The van der Waals surface area contributed by atoms with Gasteiger partial charge in [0.2, 0.25) is 0 Å². The first-order valence-corrected chi connectivity index (χ1v) is 3.53. The maximum absolute atomic E-state index is 5.65. The van der Waals surface area contributed by atoms with Crippen molar-refractivity contribution >= 4 is 11.6 Å². The Morgan fingerprint density at radius 3 is 2.09 bits per heavy atom. The zero-order chi connectivity index (χ0) is 8.65. The van der Waals surface area contributed by atoms with Gasteiger partial charge in [0, 0.05) is 6.07 Å². The molecule has 62 valence electrons. The molecule has 0 atom stereocenters. The van der Waals surface area contributed by atoms with Crippen LogP contribution in [0.4, 0.5) is 11.6 Å². The normalized spacial score (nSPS) is 11.9. The quantitative estimate of drug-likeness (QED) is 0.580. The highest BCUT2D eigenvalue weighted by Gasteiger charge is 2.16. The molecule has 0 fully saturated rings. The smallest absolute Gasteiger partial charge is 0.147 e. The fourth-order valence-corrected chi connectivity index (χ4v) is 0.952. The van der Waals surface area contributed by atoms with Crippen molar-refractivity contribution in [2.45, 2.75) is 26.3 Å². The average molecular weight is 154 g/mol. The van der Waals surface area contributed by atoms with E-state index in [0.717, 1.165) is 0 Å². The SMILES string of the molecule is CC(C)(C)n1nc(N)cc1N. The molecule has 1 aromatic rings. The summed E-state index contributed by atoms with van der Waals surface area (Å²) in [6.07, 6.45) is 0. The fraction of sp³-hybridized carbons (Fsp3) is 0.571. The molecule has 4 heteroatoms. The van der Waals surface area contributed by atoms with E-state index in [9.17, 15) is 0 Å². The van der Waals surface area contributed by atoms with Gasteiger partial charge in [-0.2, -0.15) is 5.10 Å². The van der Waals surface area contributed by atoms with E-state index in [-0.39, 0.29) is 5.54 Å². The fourth-order valence-electron chi connectivity index (χ4n) is 0.952. The highest BCUT2D eigenvalue weighted by molar-refractivity contribution is 5.42. The first-order valence-electron chi connectivity index (χ1n) is 3.53. The molecule has 0 radical (unpaired) electrons. The van der Waals surface area contributed by atoms with Crippen molar-refractivity contribution in [1.82, 2.24) is 9.78 Å².